The van der Waals surface area contributed by atoms with Gasteiger partial charge in [-0.25, -0.2) is 4.98 Å². The van der Waals surface area contributed by atoms with Gasteiger partial charge in [0.15, 0.2) is 0 Å². The number of hydrogen-bond donors (Lipinski definition) is 2. The van der Waals surface area contributed by atoms with Crippen molar-refractivity contribution in [2.45, 2.75) is 25.8 Å². The summed E-state index contributed by atoms with van der Waals surface area (Å²) in [6.45, 7) is 2.28. The number of anilines is 1. The van der Waals surface area contributed by atoms with Crippen molar-refractivity contribution in [3.63, 3.8) is 0 Å². The van der Waals surface area contributed by atoms with E-state index in [4.69, 9.17) is 4.74 Å². The summed E-state index contributed by atoms with van der Waals surface area (Å²) in [5, 5.41) is 8.53. The number of ether oxygens (including phenoxy) is 1. The van der Waals surface area contributed by atoms with Gasteiger partial charge in [0.2, 0.25) is 11.8 Å². The quantitative estimate of drug-likeness (QED) is 0.900. The Balaban J connectivity index is 1.80. The zero-order valence-corrected chi connectivity index (χ0v) is 13.7. The van der Waals surface area contributed by atoms with Gasteiger partial charge in [-0.2, -0.15) is 0 Å². The van der Waals surface area contributed by atoms with Gasteiger partial charge < -0.3 is 15.4 Å². The number of fused-ring (bicyclic) bond motifs is 1. The predicted molar refractivity (Wildman–Crippen MR) is 87.7 cm³/mol. The minimum atomic E-state index is -0.520. The molecule has 3 rings (SSSR count). The van der Waals surface area contributed by atoms with Crippen molar-refractivity contribution in [2.75, 3.05) is 12.4 Å². The van der Waals surface area contributed by atoms with Crippen LogP contribution in [0, 0.1) is 6.92 Å². The Bertz CT molecular complexity index is 757. The van der Waals surface area contributed by atoms with Crippen LogP contribution in [-0.4, -0.2) is 23.9 Å². The summed E-state index contributed by atoms with van der Waals surface area (Å²) >= 11 is 1.54. The monoisotopic (exact) mass is 331 g/mol. The Labute approximate surface area is 137 Å². The third kappa shape index (κ3) is 3.19. The molecule has 2 N–H and O–H groups in total. The van der Waals surface area contributed by atoms with Crippen molar-refractivity contribution < 1.29 is 14.3 Å². The molecule has 0 bridgehead atoms. The fourth-order valence-corrected chi connectivity index (χ4v) is 3.26. The first-order valence-electron chi connectivity index (χ1n) is 7.24. The van der Waals surface area contributed by atoms with Gasteiger partial charge in [0.1, 0.15) is 5.75 Å². The molecule has 2 heterocycles. The summed E-state index contributed by atoms with van der Waals surface area (Å²) in [7, 11) is 1.54. The Morgan fingerprint density at radius 1 is 1.52 bits per heavy atom. The van der Waals surface area contributed by atoms with E-state index in [9.17, 15) is 9.59 Å². The minimum Gasteiger partial charge on any atom is -0.495 e. The van der Waals surface area contributed by atoms with Crippen LogP contribution in [0.3, 0.4) is 0 Å². The van der Waals surface area contributed by atoms with Crippen LogP contribution in [0.4, 0.5) is 5.69 Å². The molecule has 1 aliphatic rings. The number of rotatable bonds is 4. The SMILES string of the molecule is COc1cccc2c1NC(=O)CC2C(=O)NCc1csc(C)n1. The Kier molecular flexibility index (Phi) is 4.29. The maximum Gasteiger partial charge on any atom is 0.228 e. The van der Waals surface area contributed by atoms with Gasteiger partial charge >= 0.3 is 0 Å². The van der Waals surface area contributed by atoms with Crippen LogP contribution in [0.2, 0.25) is 0 Å². The maximum atomic E-state index is 12.5. The molecule has 7 heteroatoms. The highest BCUT2D eigenvalue weighted by atomic mass is 32.1. The third-order valence-corrected chi connectivity index (χ3v) is 4.56. The topological polar surface area (TPSA) is 80.3 Å². The molecule has 1 aromatic heterocycles. The zero-order valence-electron chi connectivity index (χ0n) is 12.9. The Hall–Kier alpha value is -2.41. The molecule has 1 aromatic carbocycles. The fraction of sp³-hybridized carbons (Fsp3) is 0.312. The molecule has 0 aliphatic carbocycles. The van der Waals surface area contributed by atoms with Crippen LogP contribution >= 0.6 is 11.3 Å². The molecular formula is C16H17N3O3S. The highest BCUT2D eigenvalue weighted by Gasteiger charge is 2.32. The predicted octanol–water partition coefficient (Wildman–Crippen LogP) is 2.20. The minimum absolute atomic E-state index is 0.127. The lowest BCUT2D eigenvalue weighted by Crippen LogP contribution is -2.35. The third-order valence-electron chi connectivity index (χ3n) is 3.73. The number of benzene rings is 1. The van der Waals surface area contributed by atoms with Crippen LogP contribution in [-0.2, 0) is 16.1 Å². The Morgan fingerprint density at radius 3 is 3.04 bits per heavy atom. The van der Waals surface area contributed by atoms with Crippen LogP contribution < -0.4 is 15.4 Å². The molecule has 23 heavy (non-hydrogen) atoms. The van der Waals surface area contributed by atoms with E-state index in [1.165, 1.54) is 7.11 Å². The molecule has 0 fully saturated rings. The number of aromatic nitrogens is 1. The van der Waals surface area contributed by atoms with Crippen molar-refractivity contribution in [2.24, 2.45) is 0 Å². The summed E-state index contributed by atoms with van der Waals surface area (Å²) in [6.07, 6.45) is 0.127. The van der Waals surface area contributed by atoms with E-state index >= 15 is 0 Å². The highest BCUT2D eigenvalue weighted by molar-refractivity contribution is 7.09. The van der Waals surface area contributed by atoms with Gasteiger partial charge in [-0.1, -0.05) is 12.1 Å². The summed E-state index contributed by atoms with van der Waals surface area (Å²) in [5.41, 5.74) is 2.18. The standard InChI is InChI=1S/C16H17N3O3S/c1-9-18-10(8-23-9)7-17-16(21)12-6-14(20)19-15-11(12)4-3-5-13(15)22-2/h3-5,8,12H,6-7H2,1-2H3,(H,17,21)(H,19,20). The van der Waals surface area contributed by atoms with Crippen LogP contribution in [0.15, 0.2) is 23.6 Å². The highest BCUT2D eigenvalue weighted by Crippen LogP contribution is 2.38. The summed E-state index contributed by atoms with van der Waals surface area (Å²) in [5.74, 6) is -0.330. The lowest BCUT2D eigenvalue weighted by Gasteiger charge is -2.26. The van der Waals surface area contributed by atoms with E-state index in [2.05, 4.69) is 15.6 Å². The first kappa shape index (κ1) is 15.5. The van der Waals surface area contributed by atoms with E-state index in [0.29, 0.717) is 18.0 Å². The number of hydrogen-bond acceptors (Lipinski definition) is 5. The zero-order chi connectivity index (χ0) is 16.4. The largest absolute Gasteiger partial charge is 0.495 e. The second-order valence-electron chi connectivity index (χ2n) is 5.31. The number of nitrogens with zero attached hydrogens (tertiary/aromatic N) is 1. The number of para-hydroxylation sites is 1. The van der Waals surface area contributed by atoms with Crippen LogP contribution in [0.1, 0.15) is 28.6 Å². The number of amides is 2. The van der Waals surface area contributed by atoms with Gasteiger partial charge in [-0.05, 0) is 18.6 Å². The van der Waals surface area contributed by atoms with Crippen molar-refractivity contribution in [1.29, 1.82) is 0 Å². The number of thiazole rings is 1. The lowest BCUT2D eigenvalue weighted by atomic mass is 9.89. The van der Waals surface area contributed by atoms with Crippen LogP contribution in [0.25, 0.3) is 0 Å². The summed E-state index contributed by atoms with van der Waals surface area (Å²) < 4.78 is 5.27. The normalized spacial score (nSPS) is 16.4. The van der Waals surface area contributed by atoms with Gasteiger partial charge in [0, 0.05) is 11.8 Å². The molecule has 6 nitrogen and oxygen atoms in total. The number of aryl methyl sites for hydroxylation is 1. The molecule has 0 saturated heterocycles. The molecule has 1 unspecified atom stereocenters. The van der Waals surface area contributed by atoms with E-state index in [1.807, 2.05) is 24.4 Å². The van der Waals surface area contributed by atoms with E-state index in [-0.39, 0.29) is 18.2 Å². The molecule has 0 saturated carbocycles. The van der Waals surface area contributed by atoms with Crippen molar-refractivity contribution in [3.8, 4) is 5.75 Å². The smallest absolute Gasteiger partial charge is 0.228 e. The Morgan fingerprint density at radius 2 is 2.35 bits per heavy atom. The molecular weight excluding hydrogens is 314 g/mol. The molecule has 1 aliphatic heterocycles. The molecule has 2 amide bonds. The van der Waals surface area contributed by atoms with E-state index < -0.39 is 5.92 Å². The first-order valence-corrected chi connectivity index (χ1v) is 8.12. The van der Waals surface area contributed by atoms with E-state index in [0.717, 1.165) is 16.3 Å². The van der Waals surface area contributed by atoms with Gasteiger partial charge in [-0.15, -0.1) is 11.3 Å². The number of methoxy groups -OCH3 is 1. The van der Waals surface area contributed by atoms with Gasteiger partial charge in [0.05, 0.1) is 36.0 Å². The van der Waals surface area contributed by atoms with Gasteiger partial charge in [0.25, 0.3) is 0 Å². The van der Waals surface area contributed by atoms with Gasteiger partial charge in [-0.3, -0.25) is 9.59 Å². The second kappa shape index (κ2) is 6.37. The van der Waals surface area contributed by atoms with Crippen molar-refractivity contribution >= 4 is 28.8 Å². The number of nitrogens with one attached hydrogen (secondary N) is 2. The van der Waals surface area contributed by atoms with Crippen LogP contribution in [0.5, 0.6) is 5.75 Å². The maximum absolute atomic E-state index is 12.5. The summed E-state index contributed by atoms with van der Waals surface area (Å²) in [6, 6.07) is 5.42. The number of carbonyl (C=O) groups excluding carboxylic acids is 2. The van der Waals surface area contributed by atoms with Crippen molar-refractivity contribution in [3.05, 3.63) is 39.8 Å². The second-order valence-corrected chi connectivity index (χ2v) is 6.37. The fourth-order valence-electron chi connectivity index (χ4n) is 2.65. The van der Waals surface area contributed by atoms with Crippen molar-refractivity contribution in [1.82, 2.24) is 10.3 Å². The van der Waals surface area contributed by atoms with E-state index in [1.54, 1.807) is 17.4 Å². The molecule has 0 radical (unpaired) electrons. The molecule has 120 valence electrons. The number of carbonyl (C=O) groups is 2. The average Bonchev–Trinajstić information content (AvgIpc) is 2.96. The first-order chi connectivity index (χ1) is 11.1. The molecule has 0 spiro atoms. The molecule has 2 aromatic rings. The lowest BCUT2D eigenvalue weighted by molar-refractivity contribution is -0.126. The molecule has 1 atom stereocenters. The average molecular weight is 331 g/mol. The summed E-state index contributed by atoms with van der Waals surface area (Å²) in [4.78, 5) is 28.8.